The smallest absolute Gasteiger partial charge is 0.384 e. The number of nitrogen functional groups attached to an aromatic ring is 1. The molecule has 146 valence electrons. The molecule has 0 fully saturated rings. The zero-order chi connectivity index (χ0) is 20.3. The Morgan fingerprint density at radius 1 is 1.00 bits per heavy atom. The zero-order valence-electron chi connectivity index (χ0n) is 15.0. The maximum Gasteiger partial charge on any atom is 0.417 e. The van der Waals surface area contributed by atoms with Gasteiger partial charge in [0.15, 0.2) is 5.82 Å². The number of aromatic nitrogens is 5. The van der Waals surface area contributed by atoms with E-state index in [4.69, 9.17) is 5.73 Å². The molecule has 0 amide bonds. The van der Waals surface area contributed by atoms with Crippen LogP contribution in [0.3, 0.4) is 0 Å². The van der Waals surface area contributed by atoms with Crippen LogP contribution in [0, 0.1) is 0 Å². The Labute approximate surface area is 158 Å². The number of nitrogens with zero attached hydrogens (tertiary/aromatic N) is 5. The number of rotatable bonds is 5. The molecule has 11 heteroatoms. The van der Waals surface area contributed by atoms with E-state index in [1.54, 1.807) is 18.2 Å². The van der Waals surface area contributed by atoms with Gasteiger partial charge in [0.1, 0.15) is 11.5 Å². The second kappa shape index (κ2) is 7.62. The Kier molecular flexibility index (Phi) is 5.25. The molecule has 0 saturated heterocycles. The highest BCUT2D eigenvalue weighted by molar-refractivity contribution is 5.59. The van der Waals surface area contributed by atoms with E-state index in [2.05, 4.69) is 35.6 Å². The topological polar surface area (TPSA) is 115 Å². The van der Waals surface area contributed by atoms with Crippen molar-refractivity contribution >= 4 is 23.4 Å². The molecule has 0 spiro atoms. The first kappa shape index (κ1) is 19.3. The number of hydrogen-bond acceptors (Lipinski definition) is 8. The monoisotopic (exact) mass is 390 g/mol. The minimum absolute atomic E-state index is 0.0205. The zero-order valence-corrected chi connectivity index (χ0v) is 15.0. The van der Waals surface area contributed by atoms with Crippen molar-refractivity contribution in [3.8, 4) is 11.5 Å². The highest BCUT2D eigenvalue weighted by Crippen LogP contribution is 2.30. The van der Waals surface area contributed by atoms with Gasteiger partial charge in [-0.2, -0.15) is 28.1 Å². The molecule has 3 aromatic rings. The third kappa shape index (κ3) is 4.81. The Bertz CT molecular complexity index is 975. The lowest BCUT2D eigenvalue weighted by molar-refractivity contribution is -0.137. The third-order valence-corrected chi connectivity index (χ3v) is 3.37. The second-order valence-electron chi connectivity index (χ2n) is 6.14. The van der Waals surface area contributed by atoms with Gasteiger partial charge in [-0.15, -0.1) is 0 Å². The van der Waals surface area contributed by atoms with Crippen molar-refractivity contribution in [2.75, 3.05) is 16.4 Å². The van der Waals surface area contributed by atoms with Gasteiger partial charge in [0.2, 0.25) is 11.9 Å². The number of alkyl halides is 3. The van der Waals surface area contributed by atoms with Crippen molar-refractivity contribution in [2.45, 2.75) is 26.1 Å². The second-order valence-corrected chi connectivity index (χ2v) is 6.14. The average Bonchev–Trinajstić information content (AvgIpc) is 2.60. The predicted molar refractivity (Wildman–Crippen MR) is 98.8 cm³/mol. The van der Waals surface area contributed by atoms with Gasteiger partial charge >= 0.3 is 6.18 Å². The van der Waals surface area contributed by atoms with Gasteiger partial charge in [-0.05, 0) is 32.0 Å². The number of halogens is 3. The molecule has 0 radical (unpaired) electrons. The van der Waals surface area contributed by atoms with E-state index >= 15 is 0 Å². The van der Waals surface area contributed by atoms with Gasteiger partial charge in [-0.25, -0.2) is 4.98 Å². The van der Waals surface area contributed by atoms with Gasteiger partial charge in [0, 0.05) is 12.2 Å². The van der Waals surface area contributed by atoms with Crippen molar-refractivity contribution in [1.82, 2.24) is 24.9 Å². The minimum Gasteiger partial charge on any atom is -0.384 e. The average molecular weight is 390 g/mol. The van der Waals surface area contributed by atoms with Crippen LogP contribution in [0.1, 0.15) is 19.4 Å². The molecule has 0 aromatic carbocycles. The minimum atomic E-state index is -4.51. The summed E-state index contributed by atoms with van der Waals surface area (Å²) in [6.07, 6.45) is -2.52. The summed E-state index contributed by atoms with van der Waals surface area (Å²) < 4.78 is 38.7. The number of anilines is 4. The molecule has 0 atom stereocenters. The molecule has 3 heterocycles. The SMILES string of the molecule is CC(C)Nc1nc(Nc2cncc(C(F)(F)F)c2)nc(-c2cccc(N)n2)n1. The molecule has 0 aliphatic rings. The van der Waals surface area contributed by atoms with Gasteiger partial charge in [-0.3, -0.25) is 4.98 Å². The van der Waals surface area contributed by atoms with Gasteiger partial charge < -0.3 is 16.4 Å². The number of hydrogen-bond donors (Lipinski definition) is 3. The first-order valence-corrected chi connectivity index (χ1v) is 8.25. The van der Waals surface area contributed by atoms with Crippen molar-refractivity contribution < 1.29 is 13.2 Å². The van der Waals surface area contributed by atoms with E-state index in [0.717, 1.165) is 12.3 Å². The lowest BCUT2D eigenvalue weighted by Crippen LogP contribution is -2.15. The first-order valence-electron chi connectivity index (χ1n) is 8.25. The van der Waals surface area contributed by atoms with Crippen molar-refractivity contribution in [1.29, 1.82) is 0 Å². The van der Waals surface area contributed by atoms with Crippen LogP contribution in [0.25, 0.3) is 11.5 Å². The Balaban J connectivity index is 1.99. The molecule has 4 N–H and O–H groups in total. The molecule has 0 saturated carbocycles. The summed E-state index contributed by atoms with van der Waals surface area (Å²) in [6.45, 7) is 3.79. The summed E-state index contributed by atoms with van der Waals surface area (Å²) >= 11 is 0. The Morgan fingerprint density at radius 3 is 2.43 bits per heavy atom. The Morgan fingerprint density at radius 2 is 1.75 bits per heavy atom. The summed E-state index contributed by atoms with van der Waals surface area (Å²) in [4.78, 5) is 20.5. The standard InChI is InChI=1S/C17H17F3N8/c1-9(2)23-15-26-14(12-4-3-5-13(21)25-12)27-16(28-15)24-11-6-10(7-22-8-11)17(18,19)20/h3-9H,1-2H3,(H2,21,25)(H2,23,24,26,27,28). The van der Waals surface area contributed by atoms with Crippen LogP contribution in [0.5, 0.6) is 0 Å². The van der Waals surface area contributed by atoms with Crippen LogP contribution in [-0.2, 0) is 6.18 Å². The molecule has 8 nitrogen and oxygen atoms in total. The molecular weight excluding hydrogens is 373 g/mol. The molecule has 0 aliphatic heterocycles. The Hall–Kier alpha value is -3.50. The molecule has 28 heavy (non-hydrogen) atoms. The fraction of sp³-hybridized carbons (Fsp3) is 0.235. The number of nitrogens with two attached hydrogens (primary N) is 1. The van der Waals surface area contributed by atoms with E-state index in [9.17, 15) is 13.2 Å². The van der Waals surface area contributed by atoms with Crippen LogP contribution in [-0.4, -0.2) is 31.0 Å². The molecule has 3 aromatic heterocycles. The maximum absolute atomic E-state index is 12.9. The van der Waals surface area contributed by atoms with Gasteiger partial charge in [0.05, 0.1) is 17.4 Å². The van der Waals surface area contributed by atoms with Gasteiger partial charge in [0.25, 0.3) is 0 Å². The van der Waals surface area contributed by atoms with Crippen LogP contribution in [0.4, 0.5) is 36.6 Å². The lowest BCUT2D eigenvalue weighted by atomic mass is 10.2. The maximum atomic E-state index is 12.9. The fourth-order valence-corrected chi connectivity index (χ4v) is 2.24. The molecule has 0 aliphatic carbocycles. The highest BCUT2D eigenvalue weighted by atomic mass is 19.4. The van der Waals surface area contributed by atoms with E-state index in [0.29, 0.717) is 5.69 Å². The van der Waals surface area contributed by atoms with Crippen LogP contribution >= 0.6 is 0 Å². The van der Waals surface area contributed by atoms with E-state index < -0.39 is 11.7 Å². The first-order chi connectivity index (χ1) is 13.2. The fourth-order valence-electron chi connectivity index (χ4n) is 2.24. The number of nitrogens with one attached hydrogen (secondary N) is 2. The molecule has 3 rings (SSSR count). The summed E-state index contributed by atoms with van der Waals surface area (Å²) in [6, 6.07) is 5.92. The molecule has 0 unspecified atom stereocenters. The van der Waals surface area contributed by atoms with Crippen LogP contribution in [0.2, 0.25) is 0 Å². The van der Waals surface area contributed by atoms with Crippen molar-refractivity contribution in [2.24, 2.45) is 0 Å². The summed E-state index contributed by atoms with van der Waals surface area (Å²) in [7, 11) is 0. The van der Waals surface area contributed by atoms with Crippen LogP contribution in [0.15, 0.2) is 36.7 Å². The van der Waals surface area contributed by atoms with E-state index in [1.165, 1.54) is 6.20 Å². The van der Waals surface area contributed by atoms with E-state index in [1.807, 2.05) is 13.8 Å². The largest absolute Gasteiger partial charge is 0.417 e. The number of pyridine rings is 2. The van der Waals surface area contributed by atoms with Crippen LogP contribution < -0.4 is 16.4 Å². The van der Waals surface area contributed by atoms with E-state index in [-0.39, 0.29) is 35.3 Å². The lowest BCUT2D eigenvalue weighted by Gasteiger charge is -2.13. The van der Waals surface area contributed by atoms with Crippen molar-refractivity contribution in [3.63, 3.8) is 0 Å². The summed E-state index contributed by atoms with van der Waals surface area (Å²) in [5, 5.41) is 5.77. The quantitative estimate of drug-likeness (QED) is 0.606. The predicted octanol–water partition coefficient (Wildman–Crippen LogP) is 3.49. The van der Waals surface area contributed by atoms with Gasteiger partial charge in [-0.1, -0.05) is 6.07 Å². The highest BCUT2D eigenvalue weighted by Gasteiger charge is 2.31. The third-order valence-electron chi connectivity index (χ3n) is 3.37. The summed E-state index contributed by atoms with van der Waals surface area (Å²) in [5.41, 5.74) is 5.31. The van der Waals surface area contributed by atoms with Crippen molar-refractivity contribution in [3.05, 3.63) is 42.2 Å². The molecular formula is C17H17F3N8. The molecule has 0 bridgehead atoms. The summed E-state index contributed by atoms with van der Waals surface area (Å²) in [5.74, 6) is 0.783. The normalized spacial score (nSPS) is 11.5.